The molecule has 18 heavy (non-hydrogen) atoms. The van der Waals surface area contributed by atoms with Crippen molar-refractivity contribution in [2.24, 2.45) is 0 Å². The molecule has 2 N–H and O–H groups in total. The number of aliphatic hydroxyl groups is 2. The Hall–Kier alpha value is -1.20. The van der Waals surface area contributed by atoms with Crippen LogP contribution in [0, 0.1) is 5.82 Å². The van der Waals surface area contributed by atoms with Crippen LogP contribution in [-0.4, -0.2) is 34.4 Å². The topological polar surface area (TPSA) is 56.6 Å². The van der Waals surface area contributed by atoms with Gasteiger partial charge in [-0.05, 0) is 31.7 Å². The van der Waals surface area contributed by atoms with Gasteiger partial charge in [0.05, 0.1) is 6.61 Å². The Labute approximate surface area is 106 Å². The van der Waals surface area contributed by atoms with Crippen LogP contribution in [0.5, 0.6) is 0 Å². The largest absolute Gasteiger partial charge is 0.396 e. The van der Waals surface area contributed by atoms with E-state index in [1.165, 1.54) is 12.3 Å². The number of halogens is 1. The smallest absolute Gasteiger partial charge is 0.171 e. The average molecular weight is 254 g/mol. The summed E-state index contributed by atoms with van der Waals surface area (Å²) in [5.41, 5.74) is 0.285. The summed E-state index contributed by atoms with van der Waals surface area (Å²) in [6.45, 7) is 0.641. The van der Waals surface area contributed by atoms with E-state index in [1.807, 2.05) is 4.90 Å². The fourth-order valence-electron chi connectivity index (χ4n) is 2.54. The molecular formula is C13H19FN2O2. The van der Waals surface area contributed by atoms with Crippen molar-refractivity contribution in [3.05, 3.63) is 23.6 Å². The number of hydrogen-bond acceptors (Lipinski definition) is 4. The van der Waals surface area contributed by atoms with Crippen LogP contribution in [0.2, 0.25) is 0 Å². The van der Waals surface area contributed by atoms with Crippen LogP contribution >= 0.6 is 0 Å². The van der Waals surface area contributed by atoms with E-state index in [9.17, 15) is 4.39 Å². The van der Waals surface area contributed by atoms with Crippen molar-refractivity contribution < 1.29 is 14.6 Å². The molecule has 1 atom stereocenters. The first-order chi connectivity index (χ1) is 8.77. The number of pyridine rings is 1. The number of aliphatic hydroxyl groups excluding tert-OH is 2. The van der Waals surface area contributed by atoms with Gasteiger partial charge in [0.2, 0.25) is 0 Å². The molecule has 2 heterocycles. The summed E-state index contributed by atoms with van der Waals surface area (Å²) in [5, 5.41) is 18.0. The fraction of sp³-hybridized carbons (Fsp3) is 0.615. The van der Waals surface area contributed by atoms with Gasteiger partial charge in [0.25, 0.3) is 0 Å². The van der Waals surface area contributed by atoms with E-state index < -0.39 is 5.82 Å². The normalized spacial score (nSPS) is 19.5. The van der Waals surface area contributed by atoms with Gasteiger partial charge < -0.3 is 15.1 Å². The molecule has 1 fully saturated rings. The Morgan fingerprint density at radius 3 is 3.00 bits per heavy atom. The third kappa shape index (κ3) is 2.62. The molecular weight excluding hydrogens is 235 g/mol. The fourth-order valence-corrected chi connectivity index (χ4v) is 2.54. The molecule has 1 aliphatic rings. The van der Waals surface area contributed by atoms with Crippen LogP contribution in [-0.2, 0) is 6.61 Å². The lowest BCUT2D eigenvalue weighted by Crippen LogP contribution is -2.31. The lowest BCUT2D eigenvalue weighted by atomic mass is 10.1. The predicted octanol–water partition coefficient (Wildman–Crippen LogP) is 1.45. The van der Waals surface area contributed by atoms with E-state index in [0.717, 1.165) is 32.2 Å². The summed E-state index contributed by atoms with van der Waals surface area (Å²) in [5.74, 6) is -0.0853. The maximum Gasteiger partial charge on any atom is 0.171 e. The average Bonchev–Trinajstić information content (AvgIpc) is 2.84. The molecule has 0 aromatic carbocycles. The van der Waals surface area contributed by atoms with Gasteiger partial charge >= 0.3 is 0 Å². The van der Waals surface area contributed by atoms with Crippen LogP contribution in [0.1, 0.15) is 31.2 Å². The van der Waals surface area contributed by atoms with Gasteiger partial charge in [-0.3, -0.25) is 0 Å². The number of nitrogens with zero attached hydrogens (tertiary/aromatic N) is 2. The van der Waals surface area contributed by atoms with Gasteiger partial charge in [-0.1, -0.05) is 0 Å². The first-order valence-electron chi connectivity index (χ1n) is 6.39. The molecule has 1 aromatic heterocycles. The number of rotatable bonds is 5. The zero-order valence-electron chi connectivity index (χ0n) is 10.3. The van der Waals surface area contributed by atoms with E-state index in [0.29, 0.717) is 5.82 Å². The highest BCUT2D eigenvalue weighted by Crippen LogP contribution is 2.29. The van der Waals surface area contributed by atoms with Crippen molar-refractivity contribution in [3.63, 3.8) is 0 Å². The highest BCUT2D eigenvalue weighted by molar-refractivity contribution is 5.45. The minimum Gasteiger partial charge on any atom is -0.396 e. The third-order valence-corrected chi connectivity index (χ3v) is 3.47. The molecule has 4 nitrogen and oxygen atoms in total. The quantitative estimate of drug-likeness (QED) is 0.835. The van der Waals surface area contributed by atoms with Crippen LogP contribution in [0.25, 0.3) is 0 Å². The second kappa shape index (κ2) is 6.11. The molecule has 5 heteroatoms. The number of anilines is 1. The Balaban J connectivity index is 2.19. The van der Waals surface area contributed by atoms with Crippen molar-refractivity contribution in [1.82, 2.24) is 4.98 Å². The van der Waals surface area contributed by atoms with Gasteiger partial charge in [-0.15, -0.1) is 0 Å². The van der Waals surface area contributed by atoms with Crippen LogP contribution in [0.3, 0.4) is 0 Å². The Bertz CT molecular complexity index is 401. The summed E-state index contributed by atoms with van der Waals surface area (Å²) in [6, 6.07) is 1.74. The maximum absolute atomic E-state index is 14.1. The molecule has 1 aromatic rings. The molecule has 0 bridgehead atoms. The molecule has 2 rings (SSSR count). The lowest BCUT2D eigenvalue weighted by Gasteiger charge is -2.26. The summed E-state index contributed by atoms with van der Waals surface area (Å²) in [7, 11) is 0. The van der Waals surface area contributed by atoms with Crippen LogP contribution in [0.15, 0.2) is 12.3 Å². The van der Waals surface area contributed by atoms with Gasteiger partial charge in [-0.25, -0.2) is 9.37 Å². The standard InChI is InChI=1S/C13H19FN2O2/c14-12-10(9-18)5-6-15-13(12)16-7-1-3-11(16)4-2-8-17/h5-6,11,17-18H,1-4,7-9H2. The molecule has 0 aliphatic carbocycles. The summed E-state index contributed by atoms with van der Waals surface area (Å²) >= 11 is 0. The molecule has 0 amide bonds. The van der Waals surface area contributed by atoms with Gasteiger partial charge in [0.15, 0.2) is 11.6 Å². The number of hydrogen-bond donors (Lipinski definition) is 2. The van der Waals surface area contributed by atoms with E-state index in [-0.39, 0.29) is 24.8 Å². The van der Waals surface area contributed by atoms with Crippen molar-refractivity contribution in [2.45, 2.75) is 38.3 Å². The summed E-state index contributed by atoms with van der Waals surface area (Å²) < 4.78 is 14.1. The minimum absolute atomic E-state index is 0.164. The third-order valence-electron chi connectivity index (χ3n) is 3.47. The monoisotopic (exact) mass is 254 g/mol. The van der Waals surface area contributed by atoms with Gasteiger partial charge in [-0.2, -0.15) is 0 Å². The van der Waals surface area contributed by atoms with E-state index >= 15 is 0 Å². The molecule has 0 saturated carbocycles. The Kier molecular flexibility index (Phi) is 4.49. The summed E-state index contributed by atoms with van der Waals surface area (Å²) in [4.78, 5) is 6.07. The zero-order chi connectivity index (χ0) is 13.0. The molecule has 100 valence electrons. The van der Waals surface area contributed by atoms with Crippen molar-refractivity contribution in [1.29, 1.82) is 0 Å². The molecule has 1 aliphatic heterocycles. The molecule has 0 radical (unpaired) electrons. The molecule has 1 saturated heterocycles. The minimum atomic E-state index is -0.420. The van der Waals surface area contributed by atoms with Crippen molar-refractivity contribution >= 4 is 5.82 Å². The zero-order valence-corrected chi connectivity index (χ0v) is 10.3. The first-order valence-corrected chi connectivity index (χ1v) is 6.39. The SMILES string of the molecule is OCCCC1CCCN1c1nccc(CO)c1F. The molecule has 0 spiro atoms. The van der Waals surface area contributed by atoms with E-state index in [1.54, 1.807) is 0 Å². The van der Waals surface area contributed by atoms with Crippen molar-refractivity contribution in [2.75, 3.05) is 18.1 Å². The van der Waals surface area contributed by atoms with Crippen LogP contribution in [0.4, 0.5) is 10.2 Å². The second-order valence-corrected chi connectivity index (χ2v) is 4.62. The number of aromatic nitrogens is 1. The van der Waals surface area contributed by atoms with E-state index in [4.69, 9.17) is 10.2 Å². The van der Waals surface area contributed by atoms with Gasteiger partial charge in [0.1, 0.15) is 0 Å². The predicted molar refractivity (Wildman–Crippen MR) is 66.8 cm³/mol. The first kappa shape index (κ1) is 13.2. The highest BCUT2D eigenvalue weighted by Gasteiger charge is 2.27. The van der Waals surface area contributed by atoms with Gasteiger partial charge in [0, 0.05) is 31.0 Å². The second-order valence-electron chi connectivity index (χ2n) is 4.62. The van der Waals surface area contributed by atoms with E-state index in [2.05, 4.69) is 4.98 Å². The lowest BCUT2D eigenvalue weighted by molar-refractivity contribution is 0.275. The molecule has 1 unspecified atom stereocenters. The maximum atomic E-state index is 14.1. The Morgan fingerprint density at radius 1 is 1.44 bits per heavy atom. The summed E-state index contributed by atoms with van der Waals surface area (Å²) in [6.07, 6.45) is 5.12. The highest BCUT2D eigenvalue weighted by atomic mass is 19.1. The van der Waals surface area contributed by atoms with Crippen LogP contribution < -0.4 is 4.90 Å². The Morgan fingerprint density at radius 2 is 2.28 bits per heavy atom. The van der Waals surface area contributed by atoms with Crippen molar-refractivity contribution in [3.8, 4) is 0 Å².